The molecule has 0 aliphatic carbocycles. The minimum atomic E-state index is -2.47. The van der Waals surface area contributed by atoms with Crippen LogP contribution in [-0.4, -0.2) is 23.9 Å². The number of anilines is 1. The number of hydrogen-bond donors (Lipinski definition) is 1. The van der Waals surface area contributed by atoms with Gasteiger partial charge in [-0.3, -0.25) is 4.79 Å². The molecule has 20 heavy (non-hydrogen) atoms. The van der Waals surface area contributed by atoms with E-state index in [0.717, 1.165) is 0 Å². The summed E-state index contributed by atoms with van der Waals surface area (Å²) in [6.45, 7) is 5.74. The maximum atomic E-state index is 12.4. The molecule has 0 saturated heterocycles. The molecule has 0 amide bonds. The Labute approximate surface area is 122 Å². The lowest BCUT2D eigenvalue weighted by molar-refractivity contribution is -0.154. The zero-order valence-electron chi connectivity index (χ0n) is 11.8. The summed E-state index contributed by atoms with van der Waals surface area (Å²) < 4.78 is 30.0. The van der Waals surface area contributed by atoms with Crippen molar-refractivity contribution >= 4 is 23.4 Å². The smallest absolute Gasteiger partial charge is 0.308 e. The van der Waals surface area contributed by atoms with Gasteiger partial charge in [0.25, 0.3) is 5.76 Å². The van der Waals surface area contributed by atoms with E-state index in [4.69, 9.17) is 4.74 Å². The van der Waals surface area contributed by atoms with E-state index in [1.165, 1.54) is 0 Å². The van der Waals surface area contributed by atoms with Gasteiger partial charge in [0.2, 0.25) is 0 Å². The largest absolute Gasteiger partial charge is 0.460 e. The van der Waals surface area contributed by atoms with Crippen LogP contribution in [0.5, 0.6) is 0 Å². The second-order valence-electron chi connectivity index (χ2n) is 5.14. The van der Waals surface area contributed by atoms with E-state index in [0.29, 0.717) is 28.9 Å². The predicted octanol–water partition coefficient (Wildman–Crippen LogP) is 4.15. The molecule has 0 saturated carbocycles. The molecule has 0 atom stereocenters. The van der Waals surface area contributed by atoms with Gasteiger partial charge in [-0.2, -0.15) is 8.78 Å². The van der Waals surface area contributed by atoms with E-state index in [9.17, 15) is 13.6 Å². The van der Waals surface area contributed by atoms with Gasteiger partial charge < -0.3 is 10.1 Å². The number of para-hydroxylation sites is 1. The number of benzene rings is 1. The van der Waals surface area contributed by atoms with Gasteiger partial charge in [-0.25, -0.2) is 0 Å². The van der Waals surface area contributed by atoms with E-state index < -0.39 is 11.4 Å². The maximum absolute atomic E-state index is 12.4. The molecule has 3 nitrogen and oxygen atoms in total. The van der Waals surface area contributed by atoms with Gasteiger partial charge in [-0.15, -0.1) is 0 Å². The lowest BCUT2D eigenvalue weighted by atomic mass is 10.2. The third kappa shape index (κ3) is 6.75. The number of carbonyl (C=O) groups excluding carboxylic acids is 1. The highest BCUT2D eigenvalue weighted by Gasteiger charge is 2.16. The van der Waals surface area contributed by atoms with E-state index in [1.807, 2.05) is 0 Å². The summed E-state index contributed by atoms with van der Waals surface area (Å²) in [7, 11) is 0. The van der Waals surface area contributed by atoms with Gasteiger partial charge in [0.15, 0.2) is 0 Å². The molecule has 0 aliphatic rings. The Morgan fingerprint density at radius 2 is 2.00 bits per heavy atom. The Kier molecular flexibility index (Phi) is 6.26. The van der Waals surface area contributed by atoms with Gasteiger partial charge >= 0.3 is 5.97 Å². The molecule has 0 aromatic heterocycles. The quantitative estimate of drug-likeness (QED) is 0.633. The molecule has 0 bridgehead atoms. The van der Waals surface area contributed by atoms with Gasteiger partial charge in [0.05, 0.1) is 6.42 Å². The lowest BCUT2D eigenvalue weighted by Crippen LogP contribution is -2.25. The molecule has 1 aromatic carbocycles. The molecule has 0 spiro atoms. The fourth-order valence-electron chi connectivity index (χ4n) is 1.50. The first kappa shape index (κ1) is 16.8. The predicted molar refractivity (Wildman–Crippen MR) is 77.3 cm³/mol. The number of alkyl halides is 2. The van der Waals surface area contributed by atoms with Crippen molar-refractivity contribution in [3.8, 4) is 0 Å². The van der Waals surface area contributed by atoms with Gasteiger partial charge in [-0.05, 0) is 32.9 Å². The summed E-state index contributed by atoms with van der Waals surface area (Å²) in [4.78, 5) is 12.0. The van der Waals surface area contributed by atoms with Gasteiger partial charge in [0.1, 0.15) is 5.60 Å². The minimum Gasteiger partial charge on any atom is -0.460 e. The SMILES string of the molecule is CC(C)(C)OC(=O)CCNc1ccccc1SC(F)F. The Morgan fingerprint density at radius 3 is 2.60 bits per heavy atom. The topological polar surface area (TPSA) is 38.3 Å². The fourth-order valence-corrected chi connectivity index (χ4v) is 2.12. The van der Waals surface area contributed by atoms with Crippen LogP contribution in [0.1, 0.15) is 27.2 Å². The van der Waals surface area contributed by atoms with Crippen molar-refractivity contribution in [2.24, 2.45) is 0 Å². The Hall–Kier alpha value is -1.30. The zero-order chi connectivity index (χ0) is 15.2. The van der Waals surface area contributed by atoms with Crippen LogP contribution < -0.4 is 5.32 Å². The molecule has 0 fully saturated rings. The average Bonchev–Trinajstić information content (AvgIpc) is 2.28. The van der Waals surface area contributed by atoms with Crippen LogP contribution in [0.3, 0.4) is 0 Å². The van der Waals surface area contributed by atoms with Crippen molar-refractivity contribution in [1.82, 2.24) is 0 Å². The fraction of sp³-hybridized carbons (Fsp3) is 0.500. The summed E-state index contributed by atoms with van der Waals surface area (Å²) in [6, 6.07) is 6.78. The second kappa shape index (κ2) is 7.47. The van der Waals surface area contributed by atoms with E-state index in [2.05, 4.69) is 5.32 Å². The second-order valence-corrected chi connectivity index (χ2v) is 6.17. The Bertz CT molecular complexity index is 447. The summed E-state index contributed by atoms with van der Waals surface area (Å²) in [5.41, 5.74) is 0.0851. The lowest BCUT2D eigenvalue weighted by Gasteiger charge is -2.19. The number of rotatable bonds is 6. The number of nitrogens with one attached hydrogen (secondary N) is 1. The summed E-state index contributed by atoms with van der Waals surface area (Å²) in [5.74, 6) is -2.78. The highest BCUT2D eigenvalue weighted by molar-refractivity contribution is 7.99. The molecule has 1 rings (SSSR count). The Morgan fingerprint density at radius 1 is 1.35 bits per heavy atom. The number of carbonyl (C=O) groups is 1. The third-order valence-corrected chi connectivity index (χ3v) is 2.96. The summed E-state index contributed by atoms with van der Waals surface area (Å²) in [6.07, 6.45) is 0.185. The van der Waals surface area contributed by atoms with Crippen molar-refractivity contribution in [2.45, 2.75) is 43.4 Å². The van der Waals surface area contributed by atoms with Crippen molar-refractivity contribution in [3.63, 3.8) is 0 Å². The molecule has 6 heteroatoms. The van der Waals surface area contributed by atoms with Crippen LogP contribution in [0, 0.1) is 0 Å². The highest BCUT2D eigenvalue weighted by atomic mass is 32.2. The van der Waals surface area contributed by atoms with E-state index in [-0.39, 0.29) is 12.4 Å². The van der Waals surface area contributed by atoms with Crippen LogP contribution in [-0.2, 0) is 9.53 Å². The first-order valence-electron chi connectivity index (χ1n) is 6.27. The van der Waals surface area contributed by atoms with Gasteiger partial charge in [-0.1, -0.05) is 23.9 Å². The van der Waals surface area contributed by atoms with Crippen molar-refractivity contribution in [2.75, 3.05) is 11.9 Å². The van der Waals surface area contributed by atoms with Gasteiger partial charge in [0, 0.05) is 17.1 Å². The third-order valence-electron chi connectivity index (χ3n) is 2.17. The summed E-state index contributed by atoms with van der Waals surface area (Å²) >= 11 is 0.482. The molecule has 0 radical (unpaired) electrons. The van der Waals surface area contributed by atoms with E-state index >= 15 is 0 Å². The maximum Gasteiger partial charge on any atom is 0.308 e. The number of thioether (sulfide) groups is 1. The number of esters is 1. The molecular formula is C14H19F2NO2S. The molecule has 1 aromatic rings. The molecule has 0 aliphatic heterocycles. The van der Waals surface area contributed by atoms with Crippen LogP contribution in [0.4, 0.5) is 14.5 Å². The first-order chi connectivity index (χ1) is 9.28. The van der Waals surface area contributed by atoms with Crippen LogP contribution >= 0.6 is 11.8 Å². The Balaban J connectivity index is 2.48. The van der Waals surface area contributed by atoms with Crippen LogP contribution in [0.2, 0.25) is 0 Å². The molecule has 0 unspecified atom stereocenters. The number of ether oxygens (including phenoxy) is 1. The number of hydrogen-bond acceptors (Lipinski definition) is 4. The minimum absolute atomic E-state index is 0.185. The highest BCUT2D eigenvalue weighted by Crippen LogP contribution is 2.31. The first-order valence-corrected chi connectivity index (χ1v) is 7.15. The van der Waals surface area contributed by atoms with Crippen molar-refractivity contribution in [1.29, 1.82) is 0 Å². The van der Waals surface area contributed by atoms with E-state index in [1.54, 1.807) is 45.0 Å². The van der Waals surface area contributed by atoms with Crippen LogP contribution in [0.15, 0.2) is 29.2 Å². The zero-order valence-corrected chi connectivity index (χ0v) is 12.6. The van der Waals surface area contributed by atoms with Crippen LogP contribution in [0.25, 0.3) is 0 Å². The molecule has 0 heterocycles. The molecule has 1 N–H and O–H groups in total. The monoisotopic (exact) mass is 303 g/mol. The number of halogens is 2. The standard InChI is InChI=1S/C14H19F2NO2S/c1-14(2,3)19-12(18)8-9-17-10-6-4-5-7-11(10)20-13(15)16/h4-7,13,17H,8-9H2,1-3H3. The normalized spacial score (nSPS) is 11.5. The molecular weight excluding hydrogens is 284 g/mol. The van der Waals surface area contributed by atoms with Crippen molar-refractivity contribution < 1.29 is 18.3 Å². The molecule has 112 valence electrons. The average molecular weight is 303 g/mol. The summed E-state index contributed by atoms with van der Waals surface area (Å²) in [5, 5.41) is 2.98. The van der Waals surface area contributed by atoms with Crippen molar-refractivity contribution in [3.05, 3.63) is 24.3 Å².